The van der Waals surface area contributed by atoms with E-state index in [9.17, 15) is 9.59 Å². The summed E-state index contributed by atoms with van der Waals surface area (Å²) < 4.78 is 12.0. The van der Waals surface area contributed by atoms with Crippen molar-refractivity contribution in [2.24, 2.45) is 17.5 Å². The minimum atomic E-state index is -0.380. The molecule has 0 heterocycles. The highest BCUT2D eigenvalue weighted by Gasteiger charge is 2.39. The highest BCUT2D eigenvalue weighted by atomic mass is 79.9. The maximum absolute atomic E-state index is 13.7. The fourth-order valence-corrected chi connectivity index (χ4v) is 4.87. The second kappa shape index (κ2) is 9.64. The molecule has 1 aliphatic carbocycles. The summed E-state index contributed by atoms with van der Waals surface area (Å²) in [6.07, 6.45) is 2.22. The standard InChI is InChI=1S/C23H25Br2N3O4/c1-11(2)7-8-28(27)15(10-26)12-9-14(25)18-20(23(12)32-4)22(30)19-16(31-3)6-5-13(24)17(19)21(18)29/h5-6,9-11H,7-8,26-27H2,1-4H3/b15-10-. The summed E-state index contributed by atoms with van der Waals surface area (Å²) in [6.45, 7) is 4.75. The van der Waals surface area contributed by atoms with Crippen molar-refractivity contribution in [2.75, 3.05) is 20.8 Å². The average molecular weight is 567 g/mol. The van der Waals surface area contributed by atoms with Crippen molar-refractivity contribution in [2.45, 2.75) is 20.3 Å². The number of ether oxygens (including phenoxy) is 2. The van der Waals surface area contributed by atoms with Gasteiger partial charge >= 0.3 is 0 Å². The molecule has 0 spiro atoms. The Balaban J connectivity index is 2.27. The third-order valence-corrected chi connectivity index (χ3v) is 6.66. The largest absolute Gasteiger partial charge is 0.496 e. The zero-order valence-electron chi connectivity index (χ0n) is 18.3. The van der Waals surface area contributed by atoms with Crippen molar-refractivity contribution in [3.8, 4) is 11.5 Å². The lowest BCUT2D eigenvalue weighted by Gasteiger charge is -2.28. The molecule has 3 rings (SSSR count). The van der Waals surface area contributed by atoms with Crippen molar-refractivity contribution >= 4 is 49.1 Å². The Morgan fingerprint density at radius 3 is 2.22 bits per heavy atom. The number of hydrogen-bond donors (Lipinski definition) is 2. The Morgan fingerprint density at radius 1 is 1.03 bits per heavy atom. The first kappa shape index (κ1) is 24.3. The highest BCUT2D eigenvalue weighted by molar-refractivity contribution is 9.11. The molecule has 32 heavy (non-hydrogen) atoms. The number of hydrazine groups is 1. The zero-order valence-corrected chi connectivity index (χ0v) is 21.5. The quantitative estimate of drug-likeness (QED) is 0.320. The van der Waals surface area contributed by atoms with Crippen LogP contribution in [0.1, 0.15) is 57.7 Å². The van der Waals surface area contributed by atoms with Crippen molar-refractivity contribution < 1.29 is 19.1 Å². The summed E-state index contributed by atoms with van der Waals surface area (Å²) in [5.74, 6) is 6.58. The maximum Gasteiger partial charge on any atom is 0.202 e. The number of rotatable bonds is 7. The minimum absolute atomic E-state index is 0.141. The first-order valence-electron chi connectivity index (χ1n) is 9.98. The van der Waals surface area contributed by atoms with E-state index < -0.39 is 0 Å². The normalized spacial score (nSPS) is 13.2. The third kappa shape index (κ3) is 4.04. The molecule has 7 nitrogen and oxygen atoms in total. The molecule has 0 bridgehead atoms. The Hall–Kier alpha value is -2.36. The Morgan fingerprint density at radius 2 is 1.66 bits per heavy atom. The predicted molar refractivity (Wildman–Crippen MR) is 131 cm³/mol. The molecule has 170 valence electrons. The SMILES string of the molecule is COc1ccc(Br)c2c1C(=O)c1c(OC)c(/C(=C/N)N(N)CCC(C)C)cc(Br)c1C2=O. The van der Waals surface area contributed by atoms with Gasteiger partial charge in [-0.3, -0.25) is 9.59 Å². The smallest absolute Gasteiger partial charge is 0.202 e. The molecule has 0 amide bonds. The molecule has 0 aliphatic heterocycles. The topological polar surface area (TPSA) is 108 Å². The van der Waals surface area contributed by atoms with Crippen molar-refractivity contribution in [3.05, 3.63) is 61.2 Å². The van der Waals surface area contributed by atoms with Crippen LogP contribution in [0.2, 0.25) is 0 Å². The number of carbonyl (C=O) groups is 2. The van der Waals surface area contributed by atoms with E-state index in [1.807, 2.05) is 0 Å². The first-order chi connectivity index (χ1) is 15.2. The van der Waals surface area contributed by atoms with E-state index in [2.05, 4.69) is 45.7 Å². The van der Waals surface area contributed by atoms with Crippen LogP contribution in [0.3, 0.4) is 0 Å². The fraction of sp³-hybridized carbons (Fsp3) is 0.304. The van der Waals surface area contributed by atoms with Gasteiger partial charge in [0, 0.05) is 27.3 Å². The molecule has 4 N–H and O–H groups in total. The van der Waals surface area contributed by atoms with Gasteiger partial charge in [0.15, 0.2) is 5.78 Å². The Kier molecular flexibility index (Phi) is 7.32. The van der Waals surface area contributed by atoms with Crippen LogP contribution in [0, 0.1) is 5.92 Å². The van der Waals surface area contributed by atoms with Gasteiger partial charge in [0.25, 0.3) is 0 Å². The van der Waals surface area contributed by atoms with Crippen LogP contribution in [0.4, 0.5) is 0 Å². The predicted octanol–water partition coefficient (Wildman–Crippen LogP) is 4.48. The second-order valence-corrected chi connectivity index (χ2v) is 9.48. The van der Waals surface area contributed by atoms with Crippen LogP contribution in [-0.2, 0) is 0 Å². The van der Waals surface area contributed by atoms with E-state index >= 15 is 0 Å². The summed E-state index contributed by atoms with van der Waals surface area (Å²) in [5, 5.41) is 1.52. The van der Waals surface area contributed by atoms with Gasteiger partial charge < -0.3 is 20.2 Å². The molecule has 9 heteroatoms. The highest BCUT2D eigenvalue weighted by Crippen LogP contribution is 2.45. The number of halogens is 2. The van der Waals surface area contributed by atoms with E-state index in [1.54, 1.807) is 18.2 Å². The van der Waals surface area contributed by atoms with Gasteiger partial charge in [0.05, 0.1) is 42.2 Å². The van der Waals surface area contributed by atoms with E-state index in [0.29, 0.717) is 38.4 Å². The van der Waals surface area contributed by atoms with Crippen LogP contribution in [-0.4, -0.2) is 37.3 Å². The van der Waals surface area contributed by atoms with Crippen LogP contribution in [0.15, 0.2) is 33.3 Å². The second-order valence-electron chi connectivity index (χ2n) is 7.77. The number of nitrogens with zero attached hydrogens (tertiary/aromatic N) is 1. The van der Waals surface area contributed by atoms with E-state index in [0.717, 1.165) is 6.42 Å². The molecule has 2 aromatic rings. The molecule has 0 unspecified atom stereocenters. The summed E-state index contributed by atoms with van der Waals surface area (Å²) in [7, 11) is 2.90. The number of benzene rings is 2. The minimum Gasteiger partial charge on any atom is -0.496 e. The van der Waals surface area contributed by atoms with Gasteiger partial charge in [0.1, 0.15) is 11.5 Å². The number of hydrogen-bond acceptors (Lipinski definition) is 7. The van der Waals surface area contributed by atoms with Crippen molar-refractivity contribution in [3.63, 3.8) is 0 Å². The molecule has 2 aromatic carbocycles. The summed E-state index contributed by atoms with van der Waals surface area (Å²) in [6, 6.07) is 5.03. The summed E-state index contributed by atoms with van der Waals surface area (Å²) >= 11 is 6.88. The van der Waals surface area contributed by atoms with Gasteiger partial charge in [-0.15, -0.1) is 0 Å². The van der Waals surface area contributed by atoms with E-state index in [1.165, 1.54) is 25.4 Å². The van der Waals surface area contributed by atoms with E-state index in [-0.39, 0.29) is 39.6 Å². The van der Waals surface area contributed by atoms with E-state index in [4.69, 9.17) is 21.1 Å². The van der Waals surface area contributed by atoms with Crippen LogP contribution in [0.5, 0.6) is 11.5 Å². The third-order valence-electron chi connectivity index (χ3n) is 5.37. The number of fused-ring (bicyclic) bond motifs is 2. The van der Waals surface area contributed by atoms with Gasteiger partial charge in [-0.1, -0.05) is 29.8 Å². The molecule has 0 aromatic heterocycles. The lowest BCUT2D eigenvalue weighted by atomic mass is 9.81. The molecular formula is C23H25Br2N3O4. The van der Waals surface area contributed by atoms with Crippen LogP contribution >= 0.6 is 31.9 Å². The van der Waals surface area contributed by atoms with Crippen LogP contribution in [0.25, 0.3) is 5.70 Å². The van der Waals surface area contributed by atoms with Crippen LogP contribution < -0.4 is 21.1 Å². The number of methoxy groups -OCH3 is 2. The number of carbonyl (C=O) groups excluding carboxylic acids is 2. The monoisotopic (exact) mass is 565 g/mol. The van der Waals surface area contributed by atoms with Gasteiger partial charge in [-0.2, -0.15) is 0 Å². The Labute approximate surface area is 204 Å². The molecule has 0 saturated carbocycles. The molecule has 0 atom stereocenters. The number of ketones is 2. The van der Waals surface area contributed by atoms with Gasteiger partial charge in [-0.25, -0.2) is 5.84 Å². The molecule has 0 saturated heterocycles. The maximum atomic E-state index is 13.7. The molecule has 0 fully saturated rings. The lowest BCUT2D eigenvalue weighted by Crippen LogP contribution is -2.32. The zero-order chi connectivity index (χ0) is 23.7. The van der Waals surface area contributed by atoms with Crippen molar-refractivity contribution in [1.29, 1.82) is 0 Å². The number of nitrogens with two attached hydrogens (primary N) is 2. The van der Waals surface area contributed by atoms with Gasteiger partial charge in [-0.05, 0) is 46.5 Å². The molecule has 1 aliphatic rings. The fourth-order valence-electron chi connectivity index (χ4n) is 3.76. The average Bonchev–Trinajstić information content (AvgIpc) is 2.75. The Bertz CT molecular complexity index is 1130. The van der Waals surface area contributed by atoms with Crippen molar-refractivity contribution in [1.82, 2.24) is 5.01 Å². The summed E-state index contributed by atoms with van der Waals surface area (Å²) in [5.41, 5.74) is 7.72. The molecule has 0 radical (unpaired) electrons. The van der Waals surface area contributed by atoms with Gasteiger partial charge in [0.2, 0.25) is 5.78 Å². The lowest BCUT2D eigenvalue weighted by molar-refractivity contribution is 0.0972. The molecular weight excluding hydrogens is 542 g/mol. The summed E-state index contributed by atoms with van der Waals surface area (Å²) in [4.78, 5) is 27.2. The first-order valence-corrected chi connectivity index (χ1v) is 11.6.